The summed E-state index contributed by atoms with van der Waals surface area (Å²) in [5, 5.41) is 17.0. The second-order valence-electron chi connectivity index (χ2n) is 3.28. The van der Waals surface area contributed by atoms with Crippen molar-refractivity contribution in [1.29, 1.82) is 0 Å². The second-order valence-corrected chi connectivity index (χ2v) is 3.28. The topological polar surface area (TPSA) is 40.5 Å². The average Bonchev–Trinajstić information content (AvgIpc) is 2.10. The minimum absolute atomic E-state index is 0. The van der Waals surface area contributed by atoms with E-state index in [-0.39, 0.29) is 40.6 Å². The minimum Gasteiger partial charge on any atom is -1.00 e. The van der Waals surface area contributed by atoms with Crippen LogP contribution in [0.15, 0.2) is 0 Å². The Morgan fingerprint density at radius 2 is 0.769 bits per heavy atom. The average molecular weight is 216 g/mol. The summed E-state index contributed by atoms with van der Waals surface area (Å²) in [5.74, 6) is 0. The van der Waals surface area contributed by atoms with Gasteiger partial charge in [0.2, 0.25) is 0 Å². The third kappa shape index (κ3) is 15.9. The van der Waals surface area contributed by atoms with E-state index in [1.807, 2.05) is 0 Å². The zero-order chi connectivity index (χ0) is 9.07. The Morgan fingerprint density at radius 1 is 0.538 bits per heavy atom. The first-order chi connectivity index (χ1) is 5.91. The first-order valence-electron chi connectivity index (χ1n) is 5.13. The molecule has 0 rings (SSSR count). The fraction of sp³-hybridized carbons (Fsp3) is 1.00. The molecule has 2 N–H and O–H groups in total. The van der Waals surface area contributed by atoms with Crippen LogP contribution in [-0.2, 0) is 0 Å². The Kier molecular flexibility index (Phi) is 20.0. The van der Waals surface area contributed by atoms with E-state index in [0.717, 1.165) is 25.7 Å². The molecule has 2 nitrogen and oxygen atoms in total. The third-order valence-electron chi connectivity index (χ3n) is 2.07. The number of aliphatic hydroxyl groups is 2. The maximum absolute atomic E-state index is 8.51. The Hall–Kier alpha value is 1.18. The van der Waals surface area contributed by atoms with Gasteiger partial charge in [-0.1, -0.05) is 38.5 Å². The standard InChI is InChI=1S/C10H22O2.Ca.2H/c11-9-7-5-3-1-2-4-6-8-10-12;;;/h11-12H,1-10H2;;;/q;+2;2*-1. The Labute approximate surface area is 115 Å². The van der Waals surface area contributed by atoms with E-state index < -0.39 is 0 Å². The van der Waals surface area contributed by atoms with Gasteiger partial charge in [0.15, 0.2) is 0 Å². The molecule has 0 aromatic heterocycles. The van der Waals surface area contributed by atoms with Gasteiger partial charge >= 0.3 is 37.7 Å². The Bertz CT molecular complexity index is 77.8. The van der Waals surface area contributed by atoms with Crippen LogP contribution < -0.4 is 0 Å². The predicted molar refractivity (Wildman–Crippen MR) is 59.1 cm³/mol. The zero-order valence-electron chi connectivity index (χ0n) is 10.7. The first-order valence-corrected chi connectivity index (χ1v) is 5.13. The molecule has 0 fully saturated rings. The molecule has 0 aliphatic heterocycles. The van der Waals surface area contributed by atoms with E-state index in [2.05, 4.69) is 0 Å². The monoisotopic (exact) mass is 216 g/mol. The van der Waals surface area contributed by atoms with Crippen molar-refractivity contribution in [1.82, 2.24) is 0 Å². The van der Waals surface area contributed by atoms with Crippen molar-refractivity contribution in [3.63, 3.8) is 0 Å². The van der Waals surface area contributed by atoms with Gasteiger partial charge in [0.05, 0.1) is 0 Å². The van der Waals surface area contributed by atoms with Crippen molar-refractivity contribution in [2.24, 2.45) is 0 Å². The summed E-state index contributed by atoms with van der Waals surface area (Å²) in [4.78, 5) is 0. The minimum atomic E-state index is 0. The van der Waals surface area contributed by atoms with Gasteiger partial charge in [-0.3, -0.25) is 0 Å². The maximum Gasteiger partial charge on any atom is 2.00 e. The van der Waals surface area contributed by atoms with Crippen molar-refractivity contribution >= 4 is 37.7 Å². The number of aliphatic hydroxyl groups excluding tert-OH is 2. The molecule has 0 aliphatic carbocycles. The van der Waals surface area contributed by atoms with E-state index in [1.54, 1.807) is 0 Å². The molecule has 3 heteroatoms. The van der Waals surface area contributed by atoms with Crippen LogP contribution in [0.3, 0.4) is 0 Å². The van der Waals surface area contributed by atoms with E-state index in [1.165, 1.54) is 25.7 Å². The smallest absolute Gasteiger partial charge is 1.00 e. The van der Waals surface area contributed by atoms with Crippen LogP contribution in [0.5, 0.6) is 0 Å². The summed E-state index contributed by atoms with van der Waals surface area (Å²) in [6.07, 6.45) is 9.30. The summed E-state index contributed by atoms with van der Waals surface area (Å²) in [7, 11) is 0. The van der Waals surface area contributed by atoms with Gasteiger partial charge in [0, 0.05) is 13.2 Å². The molecule has 0 bridgehead atoms. The zero-order valence-corrected chi connectivity index (χ0v) is 10.9. The normalized spacial score (nSPS) is 9.69. The molecule has 0 aromatic rings. The van der Waals surface area contributed by atoms with Crippen molar-refractivity contribution < 1.29 is 13.1 Å². The molecule has 0 aliphatic rings. The van der Waals surface area contributed by atoms with Crippen LogP contribution in [0.25, 0.3) is 0 Å². The number of hydrogen-bond donors (Lipinski definition) is 2. The molecular formula is C10H24CaO2. The quantitative estimate of drug-likeness (QED) is 0.457. The summed E-state index contributed by atoms with van der Waals surface area (Å²) >= 11 is 0. The molecule has 78 valence electrons. The number of hydrogen-bond acceptors (Lipinski definition) is 2. The van der Waals surface area contributed by atoms with Gasteiger partial charge in [0.25, 0.3) is 0 Å². The molecular weight excluding hydrogens is 192 g/mol. The fourth-order valence-electron chi connectivity index (χ4n) is 1.28. The molecule has 0 spiro atoms. The summed E-state index contributed by atoms with van der Waals surface area (Å²) in [5.41, 5.74) is 0. The summed E-state index contributed by atoms with van der Waals surface area (Å²) in [6.45, 7) is 0.676. The van der Waals surface area contributed by atoms with Crippen LogP contribution in [-0.4, -0.2) is 61.2 Å². The molecule has 13 heavy (non-hydrogen) atoms. The summed E-state index contributed by atoms with van der Waals surface area (Å²) < 4.78 is 0. The van der Waals surface area contributed by atoms with E-state index in [0.29, 0.717) is 13.2 Å². The van der Waals surface area contributed by atoms with Gasteiger partial charge in [-0.15, -0.1) is 0 Å². The van der Waals surface area contributed by atoms with Gasteiger partial charge in [-0.2, -0.15) is 0 Å². The molecule has 0 atom stereocenters. The van der Waals surface area contributed by atoms with Crippen LogP contribution in [0.4, 0.5) is 0 Å². The van der Waals surface area contributed by atoms with E-state index in [4.69, 9.17) is 10.2 Å². The molecule has 0 heterocycles. The first kappa shape index (κ1) is 16.6. The van der Waals surface area contributed by atoms with Gasteiger partial charge in [-0.05, 0) is 12.8 Å². The molecule has 0 aromatic carbocycles. The van der Waals surface area contributed by atoms with Crippen molar-refractivity contribution in [3.8, 4) is 0 Å². The summed E-state index contributed by atoms with van der Waals surface area (Å²) in [6, 6.07) is 0. The van der Waals surface area contributed by atoms with Crippen LogP contribution in [0.2, 0.25) is 0 Å². The molecule has 0 radical (unpaired) electrons. The van der Waals surface area contributed by atoms with Gasteiger partial charge < -0.3 is 13.1 Å². The number of unbranched alkanes of at least 4 members (excludes halogenated alkanes) is 7. The van der Waals surface area contributed by atoms with Gasteiger partial charge in [-0.25, -0.2) is 0 Å². The van der Waals surface area contributed by atoms with Crippen molar-refractivity contribution in [2.75, 3.05) is 13.2 Å². The van der Waals surface area contributed by atoms with E-state index in [9.17, 15) is 0 Å². The third-order valence-corrected chi connectivity index (χ3v) is 2.07. The van der Waals surface area contributed by atoms with Crippen LogP contribution in [0.1, 0.15) is 54.2 Å². The number of rotatable bonds is 9. The van der Waals surface area contributed by atoms with Crippen LogP contribution >= 0.6 is 0 Å². The van der Waals surface area contributed by atoms with Crippen molar-refractivity contribution in [2.45, 2.75) is 51.4 Å². The SMILES string of the molecule is OCCCCCCCCCCO.[Ca+2].[H-].[H-]. The Morgan fingerprint density at radius 3 is 1.00 bits per heavy atom. The Balaban J connectivity index is -0.000000202. The molecule has 0 unspecified atom stereocenters. The van der Waals surface area contributed by atoms with E-state index >= 15 is 0 Å². The predicted octanol–water partition coefficient (Wildman–Crippen LogP) is 1.94. The largest absolute Gasteiger partial charge is 2.00 e. The maximum atomic E-state index is 8.51. The molecule has 0 amide bonds. The van der Waals surface area contributed by atoms with Crippen molar-refractivity contribution in [3.05, 3.63) is 0 Å². The second kappa shape index (κ2) is 15.6. The molecule has 0 saturated carbocycles. The van der Waals surface area contributed by atoms with Gasteiger partial charge in [0.1, 0.15) is 0 Å². The molecule has 0 saturated heterocycles. The van der Waals surface area contributed by atoms with Crippen LogP contribution in [0, 0.1) is 0 Å². The fourth-order valence-corrected chi connectivity index (χ4v) is 1.28.